The summed E-state index contributed by atoms with van der Waals surface area (Å²) in [4.78, 5) is 21.6. The summed E-state index contributed by atoms with van der Waals surface area (Å²) in [5, 5.41) is 3.99. The highest BCUT2D eigenvalue weighted by molar-refractivity contribution is 7.93. The second-order valence-corrected chi connectivity index (χ2v) is 10.7. The fraction of sp³-hybridized carbons (Fsp3) is 0.179. The van der Waals surface area contributed by atoms with Gasteiger partial charge in [0.2, 0.25) is 0 Å². The van der Waals surface area contributed by atoms with Crippen molar-refractivity contribution in [3.63, 3.8) is 0 Å². The molecule has 0 saturated carbocycles. The van der Waals surface area contributed by atoms with Gasteiger partial charge in [0.05, 0.1) is 35.4 Å². The summed E-state index contributed by atoms with van der Waals surface area (Å²) >= 11 is 0. The van der Waals surface area contributed by atoms with Crippen LogP contribution in [0.4, 0.5) is 17.1 Å². The molecule has 0 unspecified atom stereocenters. The van der Waals surface area contributed by atoms with Gasteiger partial charge in [0.1, 0.15) is 17.3 Å². The Hall–Kier alpha value is -4.64. The number of sulfonamides is 1. The summed E-state index contributed by atoms with van der Waals surface area (Å²) in [5.41, 5.74) is 9.35. The molecule has 200 valence electrons. The van der Waals surface area contributed by atoms with E-state index in [9.17, 15) is 13.2 Å². The van der Waals surface area contributed by atoms with E-state index < -0.39 is 22.5 Å². The molecule has 0 saturated heterocycles. The molecular formula is C28H28N6O4S. The Morgan fingerprint density at radius 2 is 1.85 bits per heavy atom. The van der Waals surface area contributed by atoms with Gasteiger partial charge in [-0.15, -0.1) is 0 Å². The third-order valence-corrected chi connectivity index (χ3v) is 8.15. The minimum Gasteiger partial charge on any atom is -0.465 e. The van der Waals surface area contributed by atoms with E-state index in [0.717, 1.165) is 21.3 Å². The predicted molar refractivity (Wildman–Crippen MR) is 152 cm³/mol. The Morgan fingerprint density at radius 1 is 1.08 bits per heavy atom. The van der Waals surface area contributed by atoms with Gasteiger partial charge >= 0.3 is 5.97 Å². The van der Waals surface area contributed by atoms with Crippen molar-refractivity contribution in [3.05, 3.63) is 84.8 Å². The van der Waals surface area contributed by atoms with Gasteiger partial charge in [0.15, 0.2) is 0 Å². The highest BCUT2D eigenvalue weighted by Crippen LogP contribution is 2.30. The van der Waals surface area contributed by atoms with Crippen LogP contribution in [0.25, 0.3) is 21.9 Å². The molecule has 0 aliphatic rings. The summed E-state index contributed by atoms with van der Waals surface area (Å²) < 4.78 is 36.1. The molecule has 0 atom stereocenters. The van der Waals surface area contributed by atoms with Crippen molar-refractivity contribution in [1.29, 1.82) is 0 Å². The molecule has 3 N–H and O–H groups in total. The number of nitrogen functional groups attached to an aromatic ring is 1. The molecule has 0 fully saturated rings. The first-order chi connectivity index (χ1) is 18.8. The topological polar surface area (TPSA) is 132 Å². The van der Waals surface area contributed by atoms with Crippen LogP contribution in [-0.4, -0.2) is 42.1 Å². The van der Waals surface area contributed by atoms with Gasteiger partial charge in [-0.2, -0.15) is 0 Å². The van der Waals surface area contributed by atoms with Crippen LogP contribution < -0.4 is 15.4 Å². The minimum atomic E-state index is -4.20. The molecule has 5 aromatic rings. The zero-order valence-corrected chi connectivity index (χ0v) is 22.4. The lowest BCUT2D eigenvalue weighted by molar-refractivity contribution is -0.141. The number of rotatable bonds is 9. The molecular weight excluding hydrogens is 516 g/mol. The fourth-order valence-electron chi connectivity index (χ4n) is 4.38. The van der Waals surface area contributed by atoms with Crippen molar-refractivity contribution in [3.8, 4) is 0 Å². The smallest absolute Gasteiger partial charge is 0.326 e. The number of fused-ring (bicyclic) bond motifs is 2. The van der Waals surface area contributed by atoms with Crippen LogP contribution in [0, 0.1) is 0 Å². The second-order valence-electron chi connectivity index (χ2n) is 8.88. The number of para-hydroxylation sites is 1. The predicted octanol–water partition coefficient (Wildman–Crippen LogP) is 4.07. The Labute approximate surface area is 226 Å². The zero-order valence-electron chi connectivity index (χ0n) is 21.5. The molecule has 11 heteroatoms. The van der Waals surface area contributed by atoms with E-state index in [0.29, 0.717) is 34.3 Å². The van der Waals surface area contributed by atoms with E-state index in [1.807, 2.05) is 35.9 Å². The Bertz CT molecular complexity index is 1760. The number of nitrogens with two attached hydrogens (primary N) is 1. The molecule has 0 aliphatic heterocycles. The second kappa shape index (κ2) is 10.6. The van der Waals surface area contributed by atoms with Crippen LogP contribution in [0.3, 0.4) is 0 Å². The summed E-state index contributed by atoms with van der Waals surface area (Å²) in [6.45, 7) is 1.75. The van der Waals surface area contributed by atoms with Gasteiger partial charge < -0.3 is 20.4 Å². The van der Waals surface area contributed by atoms with Crippen molar-refractivity contribution in [1.82, 2.24) is 14.5 Å². The lowest BCUT2D eigenvalue weighted by Crippen LogP contribution is -2.36. The number of nitrogens with zero attached hydrogens (tertiary/aromatic N) is 4. The van der Waals surface area contributed by atoms with Gasteiger partial charge in [0, 0.05) is 30.0 Å². The quantitative estimate of drug-likeness (QED) is 0.210. The first kappa shape index (κ1) is 26.0. The number of imidazole rings is 1. The van der Waals surface area contributed by atoms with Crippen molar-refractivity contribution in [2.75, 3.05) is 28.5 Å². The van der Waals surface area contributed by atoms with E-state index in [4.69, 9.17) is 15.5 Å². The molecule has 3 aromatic carbocycles. The van der Waals surface area contributed by atoms with E-state index in [1.165, 1.54) is 12.3 Å². The maximum absolute atomic E-state index is 14.0. The number of carbonyl (C=O) groups excluding carboxylic acids is 1. The zero-order chi connectivity index (χ0) is 27.6. The first-order valence-electron chi connectivity index (χ1n) is 12.3. The lowest BCUT2D eigenvalue weighted by atomic mass is 10.2. The number of hydrogen-bond acceptors (Lipinski definition) is 8. The maximum Gasteiger partial charge on any atom is 0.326 e. The number of ether oxygens (including phenoxy) is 1. The van der Waals surface area contributed by atoms with Gasteiger partial charge in [-0.05, 0) is 61.5 Å². The van der Waals surface area contributed by atoms with Gasteiger partial charge in [0.25, 0.3) is 10.0 Å². The third kappa shape index (κ3) is 5.21. The van der Waals surface area contributed by atoms with Crippen LogP contribution in [0.1, 0.15) is 12.7 Å². The highest BCUT2D eigenvalue weighted by atomic mass is 32.2. The maximum atomic E-state index is 14.0. The lowest BCUT2D eigenvalue weighted by Gasteiger charge is -2.24. The molecule has 0 spiro atoms. The van der Waals surface area contributed by atoms with E-state index in [1.54, 1.807) is 49.4 Å². The normalized spacial score (nSPS) is 11.5. The number of pyridine rings is 1. The number of esters is 1. The summed E-state index contributed by atoms with van der Waals surface area (Å²) in [6.07, 6.45) is 1.54. The van der Waals surface area contributed by atoms with Gasteiger partial charge in [-0.1, -0.05) is 18.2 Å². The van der Waals surface area contributed by atoms with Crippen LogP contribution >= 0.6 is 0 Å². The average molecular weight is 545 g/mol. The number of nitrogens with one attached hydrogen (secondary N) is 1. The Balaban J connectivity index is 1.53. The number of carbonyl (C=O) groups is 1. The average Bonchev–Trinajstić information content (AvgIpc) is 3.25. The largest absolute Gasteiger partial charge is 0.465 e. The monoisotopic (exact) mass is 544 g/mol. The van der Waals surface area contributed by atoms with Crippen molar-refractivity contribution >= 4 is 55.0 Å². The Morgan fingerprint density at radius 3 is 2.62 bits per heavy atom. The summed E-state index contributed by atoms with van der Waals surface area (Å²) in [5.74, 6) is 0.0841. The summed E-state index contributed by atoms with van der Waals surface area (Å²) in [6, 6.07) is 21.0. The molecule has 0 amide bonds. The molecule has 2 aromatic heterocycles. The standard InChI is InChI=1S/C28H28N6O4S/c1-3-38-27(35)18-34(39(36,37)25-8-4-6-19-7-5-15-30-28(19)25)22-13-14-24-23(16-22)32-26(33(24)2)17-31-21-11-9-20(29)10-12-21/h4-16,31H,3,17-18,29H2,1-2H3. The van der Waals surface area contributed by atoms with E-state index >= 15 is 0 Å². The highest BCUT2D eigenvalue weighted by Gasteiger charge is 2.30. The van der Waals surface area contributed by atoms with Gasteiger partial charge in [-0.3, -0.25) is 14.1 Å². The number of hydrogen-bond donors (Lipinski definition) is 2. The molecule has 0 bridgehead atoms. The van der Waals surface area contributed by atoms with E-state index in [2.05, 4.69) is 10.3 Å². The number of aromatic nitrogens is 3. The van der Waals surface area contributed by atoms with Crippen LogP contribution in [0.15, 0.2) is 83.9 Å². The molecule has 0 radical (unpaired) electrons. The van der Waals surface area contributed by atoms with Crippen LogP contribution in [0.2, 0.25) is 0 Å². The first-order valence-corrected chi connectivity index (χ1v) is 13.8. The molecule has 10 nitrogen and oxygen atoms in total. The third-order valence-electron chi connectivity index (χ3n) is 6.35. The molecule has 0 aliphatic carbocycles. The number of anilines is 3. The number of benzene rings is 3. The fourth-order valence-corrected chi connectivity index (χ4v) is 5.94. The SMILES string of the molecule is CCOC(=O)CN(c1ccc2c(c1)nc(CNc1ccc(N)cc1)n2C)S(=O)(=O)c1cccc2cccnc12. The minimum absolute atomic E-state index is 0.000553. The van der Waals surface area contributed by atoms with Crippen molar-refractivity contribution in [2.45, 2.75) is 18.4 Å². The van der Waals surface area contributed by atoms with Crippen LogP contribution in [0.5, 0.6) is 0 Å². The molecule has 5 rings (SSSR count). The Kier molecular flexibility index (Phi) is 7.07. The summed E-state index contributed by atoms with van der Waals surface area (Å²) in [7, 11) is -2.31. The van der Waals surface area contributed by atoms with Crippen molar-refractivity contribution < 1.29 is 17.9 Å². The van der Waals surface area contributed by atoms with Gasteiger partial charge in [-0.25, -0.2) is 13.4 Å². The number of aryl methyl sites for hydroxylation is 1. The molecule has 2 heterocycles. The van der Waals surface area contributed by atoms with E-state index in [-0.39, 0.29) is 11.5 Å². The van der Waals surface area contributed by atoms with Crippen LogP contribution in [-0.2, 0) is 33.1 Å². The molecule has 39 heavy (non-hydrogen) atoms. The van der Waals surface area contributed by atoms with Crippen molar-refractivity contribution in [2.24, 2.45) is 7.05 Å².